The zero-order valence-corrected chi connectivity index (χ0v) is 9.23. The number of rotatable bonds is 3. The summed E-state index contributed by atoms with van der Waals surface area (Å²) in [6.45, 7) is 7.69. The summed E-state index contributed by atoms with van der Waals surface area (Å²) in [5.74, 6) is 0. The van der Waals surface area contributed by atoms with E-state index < -0.39 is 11.6 Å². The van der Waals surface area contributed by atoms with Gasteiger partial charge in [-0.1, -0.05) is 0 Å². The summed E-state index contributed by atoms with van der Waals surface area (Å²) in [6, 6.07) is 0.282. The molecule has 3 N–H and O–H groups in total. The highest BCUT2D eigenvalue weighted by Gasteiger charge is 2.27. The molecular weight excluding hydrogens is 178 g/mol. The van der Waals surface area contributed by atoms with Crippen LogP contribution in [-0.2, 0) is 0 Å². The molecule has 0 saturated carbocycles. The van der Waals surface area contributed by atoms with Gasteiger partial charge in [0.15, 0.2) is 0 Å². The zero-order chi connectivity index (χ0) is 10.9. The Hall–Kier alpha value is -0.870. The van der Waals surface area contributed by atoms with Gasteiger partial charge in [0.25, 0.3) is 0 Å². The molecule has 1 aromatic heterocycles. The third-order valence-corrected chi connectivity index (χ3v) is 2.24. The summed E-state index contributed by atoms with van der Waals surface area (Å²) in [7, 11) is 0. The van der Waals surface area contributed by atoms with Crippen molar-refractivity contribution >= 4 is 0 Å². The largest absolute Gasteiger partial charge is 0.385 e. The van der Waals surface area contributed by atoms with Crippen LogP contribution in [0.4, 0.5) is 0 Å². The lowest BCUT2D eigenvalue weighted by molar-refractivity contribution is 0.0956. The number of imidazole rings is 1. The Morgan fingerprint density at radius 3 is 2.50 bits per heavy atom. The maximum absolute atomic E-state index is 9.99. The van der Waals surface area contributed by atoms with Crippen LogP contribution in [0.2, 0.25) is 0 Å². The van der Waals surface area contributed by atoms with Gasteiger partial charge in [0.2, 0.25) is 0 Å². The Kier molecular flexibility index (Phi) is 2.97. The molecule has 1 atom stereocenters. The topological polar surface area (TPSA) is 64.1 Å². The molecule has 4 heteroatoms. The van der Waals surface area contributed by atoms with Crippen LogP contribution in [0.3, 0.4) is 0 Å². The Balaban J connectivity index is 3.01. The molecule has 14 heavy (non-hydrogen) atoms. The first kappa shape index (κ1) is 11.2. The molecule has 1 heterocycles. The van der Waals surface area contributed by atoms with Gasteiger partial charge in [-0.05, 0) is 27.7 Å². The first-order valence-electron chi connectivity index (χ1n) is 4.82. The fraction of sp³-hybridized carbons (Fsp3) is 0.700. The summed E-state index contributed by atoms with van der Waals surface area (Å²) in [5.41, 5.74) is 5.97. The Morgan fingerprint density at radius 2 is 2.07 bits per heavy atom. The van der Waals surface area contributed by atoms with E-state index in [1.165, 1.54) is 0 Å². The third kappa shape index (κ3) is 2.13. The Labute approximate surface area is 84.8 Å². The number of aliphatic hydroxyl groups is 1. The molecule has 0 spiro atoms. The zero-order valence-electron chi connectivity index (χ0n) is 9.23. The lowest BCUT2D eigenvalue weighted by atomic mass is 9.96. The van der Waals surface area contributed by atoms with Gasteiger partial charge in [-0.2, -0.15) is 0 Å². The van der Waals surface area contributed by atoms with Crippen molar-refractivity contribution < 1.29 is 5.11 Å². The van der Waals surface area contributed by atoms with E-state index in [-0.39, 0.29) is 6.04 Å². The number of nitrogens with two attached hydrogens (primary N) is 1. The van der Waals surface area contributed by atoms with Crippen molar-refractivity contribution in [2.45, 2.75) is 45.4 Å². The summed E-state index contributed by atoms with van der Waals surface area (Å²) in [5, 5.41) is 9.99. The van der Waals surface area contributed by atoms with E-state index in [9.17, 15) is 5.11 Å². The van der Waals surface area contributed by atoms with Crippen molar-refractivity contribution in [3.63, 3.8) is 0 Å². The van der Waals surface area contributed by atoms with Crippen LogP contribution in [0.25, 0.3) is 0 Å². The van der Waals surface area contributed by atoms with E-state index in [1.807, 2.05) is 18.4 Å². The molecule has 0 fully saturated rings. The first-order valence-corrected chi connectivity index (χ1v) is 4.82. The SMILES string of the molecule is CC(C)n1cncc1C(O)C(C)(C)N. The molecule has 0 bridgehead atoms. The second-order valence-electron chi connectivity index (χ2n) is 4.54. The minimum absolute atomic E-state index is 0.282. The predicted octanol–water partition coefficient (Wildman–Crippen LogP) is 1.23. The lowest BCUT2D eigenvalue weighted by Crippen LogP contribution is -2.40. The number of hydrogen-bond donors (Lipinski definition) is 2. The maximum Gasteiger partial charge on any atom is 0.113 e. The molecule has 0 aliphatic rings. The van der Waals surface area contributed by atoms with Crippen molar-refractivity contribution in [1.82, 2.24) is 9.55 Å². The van der Waals surface area contributed by atoms with E-state index in [4.69, 9.17) is 5.73 Å². The van der Waals surface area contributed by atoms with Gasteiger partial charge in [0.1, 0.15) is 6.10 Å². The molecule has 0 saturated heterocycles. The van der Waals surface area contributed by atoms with Crippen molar-refractivity contribution in [2.24, 2.45) is 5.73 Å². The highest BCUT2D eigenvalue weighted by molar-refractivity contribution is 5.09. The van der Waals surface area contributed by atoms with Crippen molar-refractivity contribution in [2.75, 3.05) is 0 Å². The minimum Gasteiger partial charge on any atom is -0.385 e. The molecule has 0 aliphatic heterocycles. The normalized spacial score (nSPS) is 14.8. The molecule has 1 unspecified atom stereocenters. The molecule has 0 aromatic carbocycles. The van der Waals surface area contributed by atoms with Crippen LogP contribution >= 0.6 is 0 Å². The molecule has 0 amide bonds. The molecular formula is C10H19N3O. The van der Waals surface area contributed by atoms with Gasteiger partial charge in [-0.3, -0.25) is 0 Å². The summed E-state index contributed by atoms with van der Waals surface area (Å²) in [6.07, 6.45) is 2.70. The molecule has 0 radical (unpaired) electrons. The average molecular weight is 197 g/mol. The van der Waals surface area contributed by atoms with Crippen LogP contribution in [0.1, 0.15) is 45.5 Å². The highest BCUT2D eigenvalue weighted by Crippen LogP contribution is 2.24. The van der Waals surface area contributed by atoms with Gasteiger partial charge in [-0.25, -0.2) is 4.98 Å². The van der Waals surface area contributed by atoms with Crippen molar-refractivity contribution in [3.8, 4) is 0 Å². The van der Waals surface area contributed by atoms with Crippen LogP contribution < -0.4 is 5.73 Å². The van der Waals surface area contributed by atoms with E-state index >= 15 is 0 Å². The third-order valence-electron chi connectivity index (χ3n) is 2.24. The monoisotopic (exact) mass is 197 g/mol. The van der Waals surface area contributed by atoms with Gasteiger partial charge >= 0.3 is 0 Å². The first-order chi connectivity index (χ1) is 6.34. The van der Waals surface area contributed by atoms with Crippen LogP contribution in [-0.4, -0.2) is 20.2 Å². The number of hydrogen-bond acceptors (Lipinski definition) is 3. The van der Waals surface area contributed by atoms with E-state index in [0.717, 1.165) is 5.69 Å². The fourth-order valence-corrected chi connectivity index (χ4v) is 1.34. The Morgan fingerprint density at radius 1 is 1.50 bits per heavy atom. The second-order valence-corrected chi connectivity index (χ2v) is 4.54. The minimum atomic E-state index is -0.688. The highest BCUT2D eigenvalue weighted by atomic mass is 16.3. The maximum atomic E-state index is 9.99. The van der Waals surface area contributed by atoms with Crippen LogP contribution in [0, 0.1) is 0 Å². The summed E-state index contributed by atoms with van der Waals surface area (Å²) < 4.78 is 1.93. The number of aliphatic hydroxyl groups excluding tert-OH is 1. The quantitative estimate of drug-likeness (QED) is 0.766. The molecule has 4 nitrogen and oxygen atoms in total. The average Bonchev–Trinajstić information content (AvgIpc) is 2.48. The smallest absolute Gasteiger partial charge is 0.113 e. The molecule has 80 valence electrons. The second kappa shape index (κ2) is 3.71. The van der Waals surface area contributed by atoms with Gasteiger partial charge in [0.05, 0.1) is 18.2 Å². The van der Waals surface area contributed by atoms with Gasteiger partial charge in [0, 0.05) is 11.6 Å². The van der Waals surface area contributed by atoms with Crippen molar-refractivity contribution in [1.29, 1.82) is 0 Å². The van der Waals surface area contributed by atoms with Crippen LogP contribution in [0.15, 0.2) is 12.5 Å². The summed E-state index contributed by atoms with van der Waals surface area (Å²) >= 11 is 0. The van der Waals surface area contributed by atoms with Gasteiger partial charge < -0.3 is 15.4 Å². The standard InChI is InChI=1S/C10H19N3O/c1-7(2)13-6-12-5-8(13)9(14)10(3,4)11/h5-7,9,14H,11H2,1-4H3. The number of nitrogens with zero attached hydrogens (tertiary/aromatic N) is 2. The molecule has 1 aromatic rings. The van der Waals surface area contributed by atoms with Gasteiger partial charge in [-0.15, -0.1) is 0 Å². The number of aromatic nitrogens is 2. The van der Waals surface area contributed by atoms with Crippen molar-refractivity contribution in [3.05, 3.63) is 18.2 Å². The van der Waals surface area contributed by atoms with E-state index in [1.54, 1.807) is 26.4 Å². The van der Waals surface area contributed by atoms with Crippen LogP contribution in [0.5, 0.6) is 0 Å². The van der Waals surface area contributed by atoms with E-state index in [2.05, 4.69) is 4.98 Å². The predicted molar refractivity (Wildman–Crippen MR) is 55.8 cm³/mol. The Bertz CT molecular complexity index is 299. The molecule has 1 rings (SSSR count). The molecule has 0 aliphatic carbocycles. The fourth-order valence-electron chi connectivity index (χ4n) is 1.34. The van der Waals surface area contributed by atoms with E-state index in [0.29, 0.717) is 0 Å². The summed E-state index contributed by atoms with van der Waals surface area (Å²) in [4.78, 5) is 4.03. The lowest BCUT2D eigenvalue weighted by Gasteiger charge is -2.27.